The summed E-state index contributed by atoms with van der Waals surface area (Å²) in [5.41, 5.74) is 2.89. The minimum absolute atomic E-state index is 0.248. The fraction of sp³-hybridized carbons (Fsp3) is 0.0476. The van der Waals surface area contributed by atoms with Gasteiger partial charge in [-0.05, 0) is 49.0 Å². The Morgan fingerprint density at radius 2 is 1.73 bits per heavy atom. The van der Waals surface area contributed by atoms with Crippen molar-refractivity contribution in [2.45, 2.75) is 6.92 Å². The Labute approximate surface area is 157 Å². The molecular weight excluding hydrogens is 344 g/mol. The van der Waals surface area contributed by atoms with E-state index in [0.29, 0.717) is 5.76 Å². The van der Waals surface area contributed by atoms with Crippen LogP contribution in [0.5, 0.6) is 0 Å². The molecule has 2 aromatic carbocycles. The summed E-state index contributed by atoms with van der Waals surface area (Å²) < 4.78 is 5.72. The molecule has 1 heterocycles. The number of nitrogens with one attached hydrogen (secondary N) is 2. The number of benzene rings is 2. The fourth-order valence-corrected chi connectivity index (χ4v) is 2.59. The van der Waals surface area contributed by atoms with E-state index in [-0.39, 0.29) is 11.0 Å². The highest BCUT2D eigenvalue weighted by Gasteiger charge is 2.05. The summed E-state index contributed by atoms with van der Waals surface area (Å²) >= 11 is 5.17. The van der Waals surface area contributed by atoms with Crippen molar-refractivity contribution in [2.24, 2.45) is 0 Å². The smallest absolute Gasteiger partial charge is 0.250 e. The Kier molecular flexibility index (Phi) is 5.61. The van der Waals surface area contributed by atoms with Gasteiger partial charge in [-0.15, -0.1) is 0 Å². The quantitative estimate of drug-likeness (QED) is 0.518. The molecule has 3 rings (SSSR count). The third-order valence-corrected chi connectivity index (χ3v) is 3.92. The molecule has 0 aliphatic rings. The number of hydrogen-bond acceptors (Lipinski definition) is 3. The van der Waals surface area contributed by atoms with Gasteiger partial charge in [0.25, 0.3) is 0 Å². The zero-order chi connectivity index (χ0) is 18.4. The molecule has 3 aromatic rings. The molecule has 0 spiro atoms. The minimum Gasteiger partial charge on any atom is -0.457 e. The zero-order valence-electron chi connectivity index (χ0n) is 14.2. The van der Waals surface area contributed by atoms with E-state index >= 15 is 0 Å². The monoisotopic (exact) mass is 362 g/mol. The summed E-state index contributed by atoms with van der Waals surface area (Å²) in [7, 11) is 0. The number of carbonyl (C=O) groups is 1. The van der Waals surface area contributed by atoms with E-state index in [2.05, 4.69) is 10.6 Å². The van der Waals surface area contributed by atoms with Gasteiger partial charge in [-0.3, -0.25) is 10.1 Å². The number of para-hydroxylation sites is 1. The van der Waals surface area contributed by atoms with Crippen molar-refractivity contribution >= 4 is 35.0 Å². The highest BCUT2D eigenvalue weighted by Crippen LogP contribution is 2.22. The topological polar surface area (TPSA) is 54.3 Å². The molecule has 0 radical (unpaired) electrons. The molecule has 0 saturated carbocycles. The molecule has 5 heteroatoms. The van der Waals surface area contributed by atoms with Crippen molar-refractivity contribution < 1.29 is 9.21 Å². The summed E-state index contributed by atoms with van der Waals surface area (Å²) in [6.45, 7) is 1.97. The molecule has 130 valence electrons. The van der Waals surface area contributed by atoms with Gasteiger partial charge in [-0.25, -0.2) is 0 Å². The first-order valence-corrected chi connectivity index (χ1v) is 8.53. The van der Waals surface area contributed by atoms with Crippen molar-refractivity contribution in [2.75, 3.05) is 5.32 Å². The third kappa shape index (κ3) is 4.68. The molecule has 1 amide bonds. The number of aryl methyl sites for hydroxylation is 1. The van der Waals surface area contributed by atoms with E-state index in [9.17, 15) is 4.79 Å². The molecule has 0 aliphatic carbocycles. The van der Waals surface area contributed by atoms with Crippen LogP contribution in [0.4, 0.5) is 5.69 Å². The zero-order valence-corrected chi connectivity index (χ0v) is 15.0. The average molecular weight is 362 g/mol. The van der Waals surface area contributed by atoms with Crippen LogP contribution in [0.3, 0.4) is 0 Å². The maximum atomic E-state index is 12.0. The Balaban J connectivity index is 1.57. The molecule has 0 fully saturated rings. The van der Waals surface area contributed by atoms with Gasteiger partial charge in [0, 0.05) is 17.3 Å². The van der Waals surface area contributed by atoms with Crippen LogP contribution in [0.25, 0.3) is 17.4 Å². The summed E-state index contributed by atoms with van der Waals surface area (Å²) in [4.78, 5) is 12.0. The second-order valence-corrected chi connectivity index (χ2v) is 6.07. The van der Waals surface area contributed by atoms with Crippen molar-refractivity contribution in [3.63, 3.8) is 0 Å². The lowest BCUT2D eigenvalue weighted by Crippen LogP contribution is -2.33. The Hall–Kier alpha value is -3.18. The highest BCUT2D eigenvalue weighted by molar-refractivity contribution is 7.80. The fourth-order valence-electron chi connectivity index (χ4n) is 2.38. The number of thiocarbonyl (C=S) groups is 1. The number of anilines is 1. The molecule has 0 unspecified atom stereocenters. The van der Waals surface area contributed by atoms with E-state index in [1.54, 1.807) is 6.08 Å². The van der Waals surface area contributed by atoms with Crippen LogP contribution in [0.1, 0.15) is 11.3 Å². The molecular formula is C21H18N2O2S. The van der Waals surface area contributed by atoms with Gasteiger partial charge in [0.05, 0.1) is 0 Å². The number of furan rings is 1. The van der Waals surface area contributed by atoms with E-state index in [0.717, 1.165) is 22.6 Å². The first-order chi connectivity index (χ1) is 12.6. The predicted octanol–water partition coefficient (Wildman–Crippen LogP) is 4.78. The SMILES string of the molecule is Cc1ccccc1NC(=S)NC(=O)/C=C/c1ccc(-c2ccccc2)o1. The summed E-state index contributed by atoms with van der Waals surface area (Å²) in [6, 6.07) is 21.2. The van der Waals surface area contributed by atoms with Gasteiger partial charge in [0.1, 0.15) is 11.5 Å². The number of hydrogen-bond donors (Lipinski definition) is 2. The second kappa shape index (κ2) is 8.27. The average Bonchev–Trinajstić information content (AvgIpc) is 3.12. The van der Waals surface area contributed by atoms with Crippen LogP contribution >= 0.6 is 12.2 Å². The molecule has 2 N–H and O–H groups in total. The minimum atomic E-state index is -0.325. The molecule has 0 aliphatic heterocycles. The van der Waals surface area contributed by atoms with Crippen LogP contribution in [0, 0.1) is 6.92 Å². The summed E-state index contributed by atoms with van der Waals surface area (Å²) in [5.74, 6) is 1.02. The molecule has 26 heavy (non-hydrogen) atoms. The van der Waals surface area contributed by atoms with Gasteiger partial charge in [-0.2, -0.15) is 0 Å². The number of carbonyl (C=O) groups excluding carboxylic acids is 1. The van der Waals surface area contributed by atoms with Crippen LogP contribution in [0.15, 0.2) is 77.2 Å². The van der Waals surface area contributed by atoms with Gasteiger partial charge in [0.15, 0.2) is 5.11 Å². The first-order valence-electron chi connectivity index (χ1n) is 8.13. The lowest BCUT2D eigenvalue weighted by atomic mass is 10.2. The van der Waals surface area contributed by atoms with Gasteiger partial charge in [0.2, 0.25) is 5.91 Å². The number of rotatable bonds is 4. The molecule has 0 saturated heterocycles. The maximum absolute atomic E-state index is 12.0. The van der Waals surface area contributed by atoms with E-state index < -0.39 is 0 Å². The highest BCUT2D eigenvalue weighted by atomic mass is 32.1. The molecule has 0 atom stereocenters. The molecule has 4 nitrogen and oxygen atoms in total. The van der Waals surface area contributed by atoms with Crippen molar-refractivity contribution in [3.8, 4) is 11.3 Å². The van der Waals surface area contributed by atoms with Crippen molar-refractivity contribution in [1.82, 2.24) is 5.32 Å². The first kappa shape index (κ1) is 17.6. The van der Waals surface area contributed by atoms with Crippen LogP contribution < -0.4 is 10.6 Å². The summed E-state index contributed by atoms with van der Waals surface area (Å²) in [5, 5.41) is 5.87. The maximum Gasteiger partial charge on any atom is 0.250 e. The Morgan fingerprint density at radius 3 is 2.50 bits per heavy atom. The lowest BCUT2D eigenvalue weighted by Gasteiger charge is -2.10. The Bertz CT molecular complexity index is 945. The third-order valence-electron chi connectivity index (χ3n) is 3.71. The normalized spacial score (nSPS) is 10.7. The second-order valence-electron chi connectivity index (χ2n) is 5.66. The van der Waals surface area contributed by atoms with Gasteiger partial charge >= 0.3 is 0 Å². The van der Waals surface area contributed by atoms with Crippen molar-refractivity contribution in [1.29, 1.82) is 0 Å². The largest absolute Gasteiger partial charge is 0.457 e. The molecule has 1 aromatic heterocycles. The van der Waals surface area contributed by atoms with Crippen LogP contribution in [-0.2, 0) is 4.79 Å². The van der Waals surface area contributed by atoms with Gasteiger partial charge in [-0.1, -0.05) is 48.5 Å². The van der Waals surface area contributed by atoms with Crippen LogP contribution in [-0.4, -0.2) is 11.0 Å². The van der Waals surface area contributed by atoms with E-state index in [1.807, 2.05) is 73.7 Å². The Morgan fingerprint density at radius 1 is 1.00 bits per heavy atom. The van der Waals surface area contributed by atoms with E-state index in [4.69, 9.17) is 16.6 Å². The van der Waals surface area contributed by atoms with E-state index in [1.165, 1.54) is 6.08 Å². The van der Waals surface area contributed by atoms with Crippen molar-refractivity contribution in [3.05, 3.63) is 84.1 Å². The lowest BCUT2D eigenvalue weighted by molar-refractivity contribution is -0.115. The number of amides is 1. The summed E-state index contributed by atoms with van der Waals surface area (Å²) in [6.07, 6.45) is 3.00. The van der Waals surface area contributed by atoms with Gasteiger partial charge < -0.3 is 9.73 Å². The molecule has 0 bridgehead atoms. The predicted molar refractivity (Wildman–Crippen MR) is 109 cm³/mol. The van der Waals surface area contributed by atoms with Crippen LogP contribution in [0.2, 0.25) is 0 Å². The standard InChI is InChI=1S/C21H18N2O2S/c1-15-7-5-6-10-18(15)22-21(26)23-20(24)14-12-17-11-13-19(25-17)16-8-3-2-4-9-16/h2-14H,1H3,(H2,22,23,24,26)/b14-12+.